The number of hydrogen-bond donors (Lipinski definition) is 0. The van der Waals surface area contributed by atoms with Crippen molar-refractivity contribution in [1.82, 2.24) is 14.8 Å². The van der Waals surface area contributed by atoms with Crippen molar-refractivity contribution in [3.63, 3.8) is 0 Å². The zero-order valence-corrected chi connectivity index (χ0v) is 14.9. The summed E-state index contributed by atoms with van der Waals surface area (Å²) in [5.74, 6) is 2.27. The minimum atomic E-state index is 0.692. The Morgan fingerprint density at radius 1 is 1.21 bits per heavy atom. The van der Waals surface area contributed by atoms with E-state index in [1.54, 1.807) is 25.1 Å². The first-order chi connectivity index (χ1) is 11.8. The van der Waals surface area contributed by atoms with Crippen LogP contribution < -0.4 is 0 Å². The molecule has 0 radical (unpaired) electrons. The van der Waals surface area contributed by atoms with Gasteiger partial charge in [-0.2, -0.15) is 0 Å². The van der Waals surface area contributed by atoms with Crippen LogP contribution in [0.3, 0.4) is 0 Å². The van der Waals surface area contributed by atoms with Crippen LogP contribution in [0.4, 0.5) is 0 Å². The average Bonchev–Trinajstić information content (AvgIpc) is 3.24. The van der Waals surface area contributed by atoms with Crippen molar-refractivity contribution in [3.8, 4) is 11.6 Å². The van der Waals surface area contributed by atoms with Crippen LogP contribution >= 0.6 is 23.4 Å². The van der Waals surface area contributed by atoms with E-state index in [1.165, 1.54) is 5.56 Å². The van der Waals surface area contributed by atoms with Gasteiger partial charge in [-0.25, -0.2) is 0 Å². The number of hydrogen-bond acceptors (Lipinski definition) is 5. The van der Waals surface area contributed by atoms with Crippen molar-refractivity contribution in [2.24, 2.45) is 0 Å². The number of rotatable bonds is 8. The van der Waals surface area contributed by atoms with Crippen molar-refractivity contribution in [2.45, 2.75) is 23.9 Å². The minimum absolute atomic E-state index is 0.692. The average molecular weight is 364 g/mol. The molecular formula is C17H18ClN3O2S. The molecule has 2 heterocycles. The predicted octanol–water partition coefficient (Wildman–Crippen LogP) is 4.52. The first-order valence-corrected chi connectivity index (χ1v) is 8.97. The smallest absolute Gasteiger partial charge is 0.200 e. The number of halogens is 1. The van der Waals surface area contributed by atoms with E-state index in [0.717, 1.165) is 40.5 Å². The quantitative estimate of drug-likeness (QED) is 0.435. The predicted molar refractivity (Wildman–Crippen MR) is 95.2 cm³/mol. The van der Waals surface area contributed by atoms with Gasteiger partial charge in [-0.3, -0.25) is 4.57 Å². The molecule has 0 saturated heterocycles. The molecule has 0 amide bonds. The summed E-state index contributed by atoms with van der Waals surface area (Å²) in [5.41, 5.74) is 1.19. The number of benzene rings is 1. The van der Waals surface area contributed by atoms with E-state index in [-0.39, 0.29) is 0 Å². The maximum absolute atomic E-state index is 5.93. The normalized spacial score (nSPS) is 11.1. The van der Waals surface area contributed by atoms with Crippen molar-refractivity contribution in [3.05, 3.63) is 53.2 Å². The lowest BCUT2D eigenvalue weighted by Crippen LogP contribution is -2.05. The molecule has 0 aliphatic rings. The lowest BCUT2D eigenvalue weighted by molar-refractivity contribution is 0.189. The van der Waals surface area contributed by atoms with Gasteiger partial charge < -0.3 is 9.15 Å². The highest BCUT2D eigenvalue weighted by Gasteiger charge is 2.16. The van der Waals surface area contributed by atoms with E-state index >= 15 is 0 Å². The lowest BCUT2D eigenvalue weighted by Gasteiger charge is -2.09. The molecule has 126 valence electrons. The van der Waals surface area contributed by atoms with Gasteiger partial charge in [-0.15, -0.1) is 10.2 Å². The van der Waals surface area contributed by atoms with Crippen LogP contribution in [-0.4, -0.2) is 28.5 Å². The molecule has 1 aromatic carbocycles. The van der Waals surface area contributed by atoms with Crippen LogP contribution in [0.1, 0.15) is 12.0 Å². The Labute approximate surface area is 150 Å². The first-order valence-electron chi connectivity index (χ1n) is 7.61. The summed E-state index contributed by atoms with van der Waals surface area (Å²) < 4.78 is 12.7. The molecular weight excluding hydrogens is 346 g/mol. The molecule has 7 heteroatoms. The zero-order chi connectivity index (χ0) is 16.8. The second-order valence-electron chi connectivity index (χ2n) is 5.20. The molecule has 3 rings (SSSR count). The summed E-state index contributed by atoms with van der Waals surface area (Å²) in [6.45, 7) is 1.47. The number of nitrogens with zero attached hydrogens (tertiary/aromatic N) is 3. The Kier molecular flexibility index (Phi) is 5.96. The van der Waals surface area contributed by atoms with Crippen molar-refractivity contribution in [1.29, 1.82) is 0 Å². The molecule has 5 nitrogen and oxygen atoms in total. The van der Waals surface area contributed by atoms with E-state index in [9.17, 15) is 0 Å². The minimum Gasteiger partial charge on any atom is -0.461 e. The molecule has 0 aliphatic heterocycles. The van der Waals surface area contributed by atoms with Gasteiger partial charge in [-0.05, 0) is 36.2 Å². The fraction of sp³-hybridized carbons (Fsp3) is 0.294. The molecule has 0 atom stereocenters. The third-order valence-electron chi connectivity index (χ3n) is 3.47. The van der Waals surface area contributed by atoms with Crippen LogP contribution in [0.5, 0.6) is 0 Å². The van der Waals surface area contributed by atoms with E-state index in [0.29, 0.717) is 6.61 Å². The molecule has 0 aliphatic carbocycles. The van der Waals surface area contributed by atoms with Crippen LogP contribution in [-0.2, 0) is 17.0 Å². The standard InChI is InChI=1S/C17H18ClN3O2S/c1-22-10-3-9-21-16(15-4-2-11-23-15)19-20-17(21)24-12-13-5-7-14(18)8-6-13/h2,4-8,11H,3,9-10,12H2,1H3. The van der Waals surface area contributed by atoms with Crippen LogP contribution in [0.2, 0.25) is 5.02 Å². The summed E-state index contributed by atoms with van der Waals surface area (Å²) >= 11 is 7.58. The van der Waals surface area contributed by atoms with E-state index in [2.05, 4.69) is 14.8 Å². The molecule has 0 N–H and O–H groups in total. The summed E-state index contributed by atoms with van der Waals surface area (Å²) in [7, 11) is 1.70. The Hall–Kier alpha value is -1.76. The van der Waals surface area contributed by atoms with Crippen LogP contribution in [0, 0.1) is 0 Å². The molecule has 3 aromatic rings. The Bertz CT molecular complexity index is 757. The van der Waals surface area contributed by atoms with Gasteiger partial charge in [-0.1, -0.05) is 35.5 Å². The summed E-state index contributed by atoms with van der Waals surface area (Å²) in [6, 6.07) is 11.6. The van der Waals surface area contributed by atoms with Crippen molar-refractivity contribution >= 4 is 23.4 Å². The Morgan fingerprint density at radius 2 is 2.04 bits per heavy atom. The van der Waals surface area contributed by atoms with Gasteiger partial charge >= 0.3 is 0 Å². The lowest BCUT2D eigenvalue weighted by atomic mass is 10.2. The van der Waals surface area contributed by atoms with Gasteiger partial charge in [0.05, 0.1) is 6.26 Å². The third-order valence-corrected chi connectivity index (χ3v) is 4.76. The number of thioether (sulfide) groups is 1. The molecule has 24 heavy (non-hydrogen) atoms. The number of aromatic nitrogens is 3. The fourth-order valence-corrected chi connectivity index (χ4v) is 3.33. The van der Waals surface area contributed by atoms with Crippen molar-refractivity contribution < 1.29 is 9.15 Å². The molecule has 0 fully saturated rings. The van der Waals surface area contributed by atoms with Gasteiger partial charge in [0.1, 0.15) is 0 Å². The highest BCUT2D eigenvalue weighted by atomic mass is 35.5. The maximum atomic E-state index is 5.93. The highest BCUT2D eigenvalue weighted by Crippen LogP contribution is 2.27. The highest BCUT2D eigenvalue weighted by molar-refractivity contribution is 7.98. The second kappa shape index (κ2) is 8.37. The SMILES string of the molecule is COCCCn1c(SCc2ccc(Cl)cc2)nnc1-c1ccco1. The molecule has 0 bridgehead atoms. The fourth-order valence-electron chi connectivity index (χ4n) is 2.28. The molecule has 0 saturated carbocycles. The van der Waals surface area contributed by atoms with Gasteiger partial charge in [0.2, 0.25) is 0 Å². The monoisotopic (exact) mass is 363 g/mol. The van der Waals surface area contributed by atoms with E-state index < -0.39 is 0 Å². The van der Waals surface area contributed by atoms with Gasteiger partial charge in [0.25, 0.3) is 0 Å². The number of ether oxygens (including phenoxy) is 1. The van der Waals surface area contributed by atoms with E-state index in [1.807, 2.05) is 36.4 Å². The largest absolute Gasteiger partial charge is 0.461 e. The second-order valence-corrected chi connectivity index (χ2v) is 6.58. The number of furan rings is 1. The summed E-state index contributed by atoms with van der Waals surface area (Å²) in [6.07, 6.45) is 2.53. The van der Waals surface area contributed by atoms with E-state index in [4.69, 9.17) is 20.8 Å². The first kappa shape index (κ1) is 17.1. The number of methoxy groups -OCH3 is 1. The molecule has 0 unspecified atom stereocenters. The van der Waals surface area contributed by atoms with Crippen molar-refractivity contribution in [2.75, 3.05) is 13.7 Å². The summed E-state index contributed by atoms with van der Waals surface area (Å²) in [5, 5.41) is 10.2. The van der Waals surface area contributed by atoms with Crippen LogP contribution in [0.15, 0.2) is 52.2 Å². The van der Waals surface area contributed by atoms with Gasteiger partial charge in [0.15, 0.2) is 16.7 Å². The third kappa shape index (κ3) is 4.20. The van der Waals surface area contributed by atoms with Crippen LogP contribution in [0.25, 0.3) is 11.6 Å². The zero-order valence-electron chi connectivity index (χ0n) is 13.3. The molecule has 2 aromatic heterocycles. The Balaban J connectivity index is 1.77. The molecule has 0 spiro atoms. The topological polar surface area (TPSA) is 53.1 Å². The van der Waals surface area contributed by atoms with Gasteiger partial charge in [0, 0.05) is 31.0 Å². The maximum Gasteiger partial charge on any atom is 0.200 e. The summed E-state index contributed by atoms with van der Waals surface area (Å²) in [4.78, 5) is 0. The Morgan fingerprint density at radius 3 is 2.75 bits per heavy atom.